The van der Waals surface area contributed by atoms with E-state index in [0.29, 0.717) is 11.6 Å². The number of hydrogen-bond acceptors (Lipinski definition) is 7. The average molecular weight is 462 g/mol. The predicted molar refractivity (Wildman–Crippen MR) is 130 cm³/mol. The van der Waals surface area contributed by atoms with Gasteiger partial charge in [0, 0.05) is 18.2 Å². The molecule has 33 heavy (non-hydrogen) atoms. The summed E-state index contributed by atoms with van der Waals surface area (Å²) in [5, 5.41) is 22.7. The summed E-state index contributed by atoms with van der Waals surface area (Å²) in [4.78, 5) is 8.14. The van der Waals surface area contributed by atoms with Gasteiger partial charge in [0.25, 0.3) is 0 Å². The Kier molecular flexibility index (Phi) is 8.36. The SMILES string of the molecule is COc1cc(CCNCc2ccccc2)ccc1-c1cc(Nc2cnc(C#N)cn2)n[nH]1.Cl. The number of anilines is 2. The van der Waals surface area contributed by atoms with Crippen LogP contribution in [0.5, 0.6) is 5.75 Å². The van der Waals surface area contributed by atoms with Crippen molar-refractivity contribution in [1.29, 1.82) is 5.26 Å². The lowest BCUT2D eigenvalue weighted by Gasteiger charge is -2.10. The van der Waals surface area contributed by atoms with Crippen LogP contribution in [-0.2, 0) is 13.0 Å². The van der Waals surface area contributed by atoms with Crippen molar-refractivity contribution in [3.63, 3.8) is 0 Å². The minimum Gasteiger partial charge on any atom is -0.496 e. The summed E-state index contributed by atoms with van der Waals surface area (Å²) in [5.74, 6) is 1.88. The zero-order chi connectivity index (χ0) is 22.2. The van der Waals surface area contributed by atoms with Crippen LogP contribution < -0.4 is 15.4 Å². The summed E-state index contributed by atoms with van der Waals surface area (Å²) in [6, 6.07) is 20.4. The minimum atomic E-state index is 0. The van der Waals surface area contributed by atoms with Gasteiger partial charge in [0.15, 0.2) is 11.5 Å². The van der Waals surface area contributed by atoms with Gasteiger partial charge >= 0.3 is 0 Å². The molecule has 0 atom stereocenters. The Hall–Kier alpha value is -3.93. The summed E-state index contributed by atoms with van der Waals surface area (Å²) in [6.07, 6.45) is 3.80. The number of aromatic amines is 1. The van der Waals surface area contributed by atoms with Crippen molar-refractivity contribution < 1.29 is 4.74 Å². The van der Waals surface area contributed by atoms with Gasteiger partial charge in [-0.15, -0.1) is 12.4 Å². The highest BCUT2D eigenvalue weighted by atomic mass is 35.5. The molecule has 0 spiro atoms. The Bertz CT molecular complexity index is 1200. The maximum absolute atomic E-state index is 8.82. The summed E-state index contributed by atoms with van der Waals surface area (Å²) in [7, 11) is 1.66. The summed E-state index contributed by atoms with van der Waals surface area (Å²) in [6.45, 7) is 1.73. The van der Waals surface area contributed by atoms with Crippen LogP contribution in [0.3, 0.4) is 0 Å². The van der Waals surface area contributed by atoms with E-state index in [1.807, 2.05) is 24.3 Å². The topological polar surface area (TPSA) is 112 Å². The zero-order valence-electron chi connectivity index (χ0n) is 18.1. The molecular formula is C24H24ClN7O. The van der Waals surface area contributed by atoms with Crippen LogP contribution in [0.15, 0.2) is 67.0 Å². The van der Waals surface area contributed by atoms with Crippen LogP contribution in [0.25, 0.3) is 11.3 Å². The minimum absolute atomic E-state index is 0. The van der Waals surface area contributed by atoms with E-state index in [1.54, 1.807) is 7.11 Å². The van der Waals surface area contributed by atoms with Crippen LogP contribution in [0.4, 0.5) is 11.6 Å². The summed E-state index contributed by atoms with van der Waals surface area (Å²) < 4.78 is 5.63. The molecule has 8 nitrogen and oxygen atoms in total. The Morgan fingerprint density at radius 1 is 1.00 bits per heavy atom. The molecule has 0 unspecified atom stereocenters. The highest BCUT2D eigenvalue weighted by Crippen LogP contribution is 2.31. The van der Waals surface area contributed by atoms with Crippen molar-refractivity contribution in [1.82, 2.24) is 25.5 Å². The number of nitrogens with one attached hydrogen (secondary N) is 3. The summed E-state index contributed by atoms with van der Waals surface area (Å²) in [5.41, 5.74) is 4.46. The molecular weight excluding hydrogens is 438 g/mol. The molecule has 0 bridgehead atoms. The number of ether oxygens (including phenoxy) is 1. The predicted octanol–water partition coefficient (Wildman–Crippen LogP) is 4.24. The molecule has 0 aliphatic heterocycles. The van der Waals surface area contributed by atoms with Crippen molar-refractivity contribution in [3.05, 3.63) is 83.8 Å². The van der Waals surface area contributed by atoms with Crippen molar-refractivity contribution in [2.75, 3.05) is 19.0 Å². The second-order valence-corrected chi connectivity index (χ2v) is 7.14. The van der Waals surface area contributed by atoms with E-state index < -0.39 is 0 Å². The third kappa shape index (κ3) is 6.29. The molecule has 2 heterocycles. The van der Waals surface area contributed by atoms with Crippen molar-refractivity contribution in [2.24, 2.45) is 0 Å². The van der Waals surface area contributed by atoms with E-state index in [9.17, 15) is 0 Å². The number of rotatable bonds is 9. The van der Waals surface area contributed by atoms with Gasteiger partial charge in [0.05, 0.1) is 25.2 Å². The monoisotopic (exact) mass is 461 g/mol. The number of hydrogen-bond donors (Lipinski definition) is 3. The van der Waals surface area contributed by atoms with Gasteiger partial charge in [-0.3, -0.25) is 5.10 Å². The molecule has 2 aromatic heterocycles. The molecule has 3 N–H and O–H groups in total. The van der Waals surface area contributed by atoms with Crippen molar-refractivity contribution >= 4 is 24.0 Å². The second-order valence-electron chi connectivity index (χ2n) is 7.14. The van der Waals surface area contributed by atoms with Crippen LogP contribution in [-0.4, -0.2) is 33.8 Å². The van der Waals surface area contributed by atoms with Crippen LogP contribution in [0.1, 0.15) is 16.8 Å². The molecule has 2 aromatic carbocycles. The Labute approximate surface area is 198 Å². The van der Waals surface area contributed by atoms with E-state index in [-0.39, 0.29) is 18.1 Å². The van der Waals surface area contributed by atoms with Gasteiger partial charge in [0.2, 0.25) is 0 Å². The fraction of sp³-hybridized carbons (Fsp3) is 0.167. The van der Waals surface area contributed by atoms with Gasteiger partial charge < -0.3 is 15.4 Å². The Morgan fingerprint density at radius 2 is 1.85 bits per heavy atom. The number of halogens is 1. The molecule has 4 rings (SSSR count). The molecule has 0 saturated heterocycles. The number of nitriles is 1. The molecule has 0 aliphatic carbocycles. The Balaban J connectivity index is 0.00000306. The lowest BCUT2D eigenvalue weighted by molar-refractivity contribution is 0.415. The van der Waals surface area contributed by atoms with Crippen LogP contribution in [0.2, 0.25) is 0 Å². The lowest BCUT2D eigenvalue weighted by Crippen LogP contribution is -2.16. The molecule has 0 aliphatic rings. The molecule has 168 valence electrons. The number of nitrogens with zero attached hydrogens (tertiary/aromatic N) is 4. The van der Waals surface area contributed by atoms with Gasteiger partial charge in [-0.05, 0) is 36.2 Å². The molecule has 0 saturated carbocycles. The van der Waals surface area contributed by atoms with Crippen molar-refractivity contribution in [3.8, 4) is 23.1 Å². The van der Waals surface area contributed by atoms with Gasteiger partial charge in [-0.25, -0.2) is 9.97 Å². The number of H-pyrrole nitrogens is 1. The normalized spacial score (nSPS) is 10.2. The van der Waals surface area contributed by atoms with Crippen LogP contribution in [0, 0.1) is 11.3 Å². The van der Waals surface area contributed by atoms with Gasteiger partial charge in [-0.2, -0.15) is 10.4 Å². The molecule has 4 aromatic rings. The molecule has 9 heteroatoms. The van der Waals surface area contributed by atoms with E-state index in [0.717, 1.165) is 36.5 Å². The molecule has 0 radical (unpaired) electrons. The number of aromatic nitrogens is 4. The Morgan fingerprint density at radius 3 is 2.58 bits per heavy atom. The first-order valence-electron chi connectivity index (χ1n) is 10.2. The maximum atomic E-state index is 8.82. The fourth-order valence-electron chi connectivity index (χ4n) is 3.28. The summed E-state index contributed by atoms with van der Waals surface area (Å²) >= 11 is 0. The van der Waals surface area contributed by atoms with E-state index in [1.165, 1.54) is 23.5 Å². The quantitative estimate of drug-likeness (QED) is 0.319. The highest BCUT2D eigenvalue weighted by molar-refractivity contribution is 5.85. The van der Waals surface area contributed by atoms with Crippen molar-refractivity contribution in [2.45, 2.75) is 13.0 Å². The maximum Gasteiger partial charge on any atom is 0.158 e. The first-order valence-corrected chi connectivity index (χ1v) is 10.2. The first kappa shape index (κ1) is 23.7. The van der Waals surface area contributed by atoms with E-state index in [4.69, 9.17) is 10.00 Å². The second kappa shape index (κ2) is 11.6. The standard InChI is InChI=1S/C24H23N7O.ClH/c1-32-22-11-17(9-10-26-14-18-5-3-2-4-6-18)7-8-20(22)21-12-23(31-30-21)29-24-16-27-19(13-25)15-28-24;/h2-8,11-12,15-16,26H,9-10,14H2,1H3,(H2,28,29,30,31);1H. The smallest absolute Gasteiger partial charge is 0.158 e. The third-order valence-electron chi connectivity index (χ3n) is 4.92. The average Bonchev–Trinajstić information content (AvgIpc) is 3.31. The largest absolute Gasteiger partial charge is 0.496 e. The van der Waals surface area contributed by atoms with E-state index in [2.05, 4.69) is 67.2 Å². The number of methoxy groups -OCH3 is 1. The third-order valence-corrected chi connectivity index (χ3v) is 4.92. The molecule has 0 amide bonds. The van der Waals surface area contributed by atoms with Crippen LogP contribution >= 0.6 is 12.4 Å². The first-order chi connectivity index (χ1) is 15.7. The zero-order valence-corrected chi connectivity index (χ0v) is 18.9. The molecule has 0 fully saturated rings. The highest BCUT2D eigenvalue weighted by Gasteiger charge is 2.11. The lowest BCUT2D eigenvalue weighted by atomic mass is 10.1. The van der Waals surface area contributed by atoms with Gasteiger partial charge in [-0.1, -0.05) is 36.4 Å². The van der Waals surface area contributed by atoms with E-state index >= 15 is 0 Å². The number of benzene rings is 2. The fourth-order valence-corrected chi connectivity index (χ4v) is 3.28. The van der Waals surface area contributed by atoms with Gasteiger partial charge in [0.1, 0.15) is 17.6 Å².